The van der Waals surface area contributed by atoms with Crippen LogP contribution >= 0.6 is 0 Å². The highest BCUT2D eigenvalue weighted by molar-refractivity contribution is 5.39. The summed E-state index contributed by atoms with van der Waals surface area (Å²) in [6.07, 6.45) is 2.53. The number of aromatic nitrogens is 2. The molecule has 1 N–H and O–H groups in total. The van der Waals surface area contributed by atoms with Gasteiger partial charge in [-0.05, 0) is 49.4 Å². The lowest BCUT2D eigenvalue weighted by atomic mass is 9.90. The quantitative estimate of drug-likeness (QED) is 0.939. The molecule has 4 heteroatoms. The third-order valence-corrected chi connectivity index (χ3v) is 4.46. The Morgan fingerprint density at radius 2 is 2.19 bits per heavy atom. The summed E-state index contributed by atoms with van der Waals surface area (Å²) in [5.74, 6) is -0.207. The molecule has 1 atom stereocenters. The average Bonchev–Trinajstić information content (AvgIpc) is 3.02. The molecule has 0 fully saturated rings. The first-order chi connectivity index (χ1) is 10.1. The summed E-state index contributed by atoms with van der Waals surface area (Å²) in [5, 5.41) is 15.5. The second-order valence-electron chi connectivity index (χ2n) is 5.77. The van der Waals surface area contributed by atoms with E-state index in [4.69, 9.17) is 0 Å². The van der Waals surface area contributed by atoms with Crippen LogP contribution in [0.3, 0.4) is 0 Å². The molecule has 21 heavy (non-hydrogen) atoms. The summed E-state index contributed by atoms with van der Waals surface area (Å²) >= 11 is 0. The molecule has 0 saturated heterocycles. The van der Waals surface area contributed by atoms with Crippen LogP contribution in [-0.2, 0) is 31.4 Å². The number of benzene rings is 1. The normalized spacial score (nSPS) is 20.8. The van der Waals surface area contributed by atoms with Crippen molar-refractivity contribution in [3.05, 3.63) is 52.6 Å². The van der Waals surface area contributed by atoms with Crippen LogP contribution in [0.2, 0.25) is 0 Å². The zero-order valence-electron chi connectivity index (χ0n) is 12.6. The number of nitrogens with zero attached hydrogens (tertiary/aromatic N) is 2. The van der Waals surface area contributed by atoms with Crippen molar-refractivity contribution in [2.24, 2.45) is 0 Å². The monoisotopic (exact) mass is 288 g/mol. The van der Waals surface area contributed by atoms with Crippen LogP contribution in [0.1, 0.15) is 42.8 Å². The molecule has 3 rings (SSSR count). The highest BCUT2D eigenvalue weighted by Crippen LogP contribution is 2.40. The highest BCUT2D eigenvalue weighted by Gasteiger charge is 2.38. The fraction of sp³-hybridized carbons (Fsp3) is 0.471. The van der Waals surface area contributed by atoms with Crippen molar-refractivity contribution in [1.82, 2.24) is 9.78 Å². The van der Waals surface area contributed by atoms with Gasteiger partial charge < -0.3 is 5.11 Å². The number of aliphatic hydroxyl groups is 1. The maximum Gasteiger partial charge on any atom is 0.126 e. The van der Waals surface area contributed by atoms with Crippen LogP contribution < -0.4 is 0 Å². The molecular weight excluding hydrogens is 267 g/mol. The minimum atomic E-state index is -0.977. The van der Waals surface area contributed by atoms with Gasteiger partial charge in [0, 0.05) is 18.7 Å². The van der Waals surface area contributed by atoms with Gasteiger partial charge in [-0.2, -0.15) is 5.10 Å². The Bertz CT molecular complexity index is 665. The van der Waals surface area contributed by atoms with Crippen molar-refractivity contribution in [3.8, 4) is 0 Å². The number of rotatable bonds is 4. The lowest BCUT2D eigenvalue weighted by molar-refractivity contribution is 0.0368. The SMILES string of the molecule is CCc1cc(CC2(O)CCc3c(F)cccc32)n(CC)n1. The van der Waals surface area contributed by atoms with Gasteiger partial charge in [0.15, 0.2) is 0 Å². The first-order valence-corrected chi connectivity index (χ1v) is 7.63. The van der Waals surface area contributed by atoms with E-state index in [0.29, 0.717) is 24.8 Å². The maximum atomic E-state index is 13.8. The van der Waals surface area contributed by atoms with Crippen molar-refractivity contribution < 1.29 is 9.50 Å². The summed E-state index contributed by atoms with van der Waals surface area (Å²) in [5.41, 5.74) is 2.49. The van der Waals surface area contributed by atoms with Crippen molar-refractivity contribution >= 4 is 0 Å². The molecule has 0 spiro atoms. The summed E-state index contributed by atoms with van der Waals surface area (Å²) in [6, 6.07) is 7.05. The number of fused-ring (bicyclic) bond motifs is 1. The average molecular weight is 288 g/mol. The van der Waals surface area contributed by atoms with E-state index in [2.05, 4.69) is 18.1 Å². The molecule has 1 unspecified atom stereocenters. The highest BCUT2D eigenvalue weighted by atomic mass is 19.1. The Balaban J connectivity index is 1.96. The second-order valence-corrected chi connectivity index (χ2v) is 5.77. The number of hydrogen-bond donors (Lipinski definition) is 1. The topological polar surface area (TPSA) is 38.0 Å². The molecule has 1 aromatic carbocycles. The smallest absolute Gasteiger partial charge is 0.126 e. The van der Waals surface area contributed by atoms with Crippen LogP contribution in [-0.4, -0.2) is 14.9 Å². The molecule has 112 valence electrons. The van der Waals surface area contributed by atoms with Gasteiger partial charge >= 0.3 is 0 Å². The molecule has 0 saturated carbocycles. The second kappa shape index (κ2) is 5.26. The zero-order chi connectivity index (χ0) is 15.0. The third kappa shape index (κ3) is 2.38. The van der Waals surface area contributed by atoms with Crippen molar-refractivity contribution in [2.75, 3.05) is 0 Å². The molecule has 1 aliphatic rings. The zero-order valence-corrected chi connectivity index (χ0v) is 12.6. The van der Waals surface area contributed by atoms with Crippen LogP contribution in [0.4, 0.5) is 4.39 Å². The Hall–Kier alpha value is -1.68. The summed E-state index contributed by atoms with van der Waals surface area (Å²) in [6.45, 7) is 4.89. The Morgan fingerprint density at radius 3 is 2.90 bits per heavy atom. The largest absolute Gasteiger partial charge is 0.385 e. The first kappa shape index (κ1) is 14.3. The van der Waals surface area contributed by atoms with Crippen LogP contribution in [0.25, 0.3) is 0 Å². The third-order valence-electron chi connectivity index (χ3n) is 4.46. The Morgan fingerprint density at radius 1 is 1.38 bits per heavy atom. The molecule has 0 aliphatic heterocycles. The molecule has 1 aliphatic carbocycles. The number of halogens is 1. The predicted octanol–water partition coefficient (Wildman–Crippen LogP) is 2.98. The van der Waals surface area contributed by atoms with Crippen LogP contribution in [0.5, 0.6) is 0 Å². The van der Waals surface area contributed by atoms with E-state index in [1.54, 1.807) is 6.07 Å². The van der Waals surface area contributed by atoms with E-state index in [1.807, 2.05) is 17.7 Å². The van der Waals surface area contributed by atoms with Gasteiger partial charge in [-0.3, -0.25) is 4.68 Å². The number of aryl methyl sites for hydroxylation is 2. The standard InChI is InChI=1S/C17H21FN2O/c1-3-12-10-13(20(4-2)19-12)11-17(21)9-8-14-15(17)6-5-7-16(14)18/h5-7,10,21H,3-4,8-9,11H2,1-2H3. The minimum absolute atomic E-state index is 0.207. The van der Waals surface area contributed by atoms with Crippen LogP contribution in [0.15, 0.2) is 24.3 Å². The molecule has 0 amide bonds. The lowest BCUT2D eigenvalue weighted by Crippen LogP contribution is -2.27. The fourth-order valence-electron chi connectivity index (χ4n) is 3.30. The van der Waals surface area contributed by atoms with Crippen molar-refractivity contribution in [1.29, 1.82) is 0 Å². The minimum Gasteiger partial charge on any atom is -0.385 e. The van der Waals surface area contributed by atoms with Gasteiger partial charge in [0.25, 0.3) is 0 Å². The molecule has 0 radical (unpaired) electrons. The molecule has 2 aromatic rings. The van der Waals surface area contributed by atoms with Gasteiger partial charge in [0.2, 0.25) is 0 Å². The molecule has 1 heterocycles. The molecule has 1 aromatic heterocycles. The lowest BCUT2D eigenvalue weighted by Gasteiger charge is -2.24. The van der Waals surface area contributed by atoms with E-state index < -0.39 is 5.60 Å². The predicted molar refractivity (Wildman–Crippen MR) is 79.6 cm³/mol. The summed E-state index contributed by atoms with van der Waals surface area (Å²) in [4.78, 5) is 0. The van der Waals surface area contributed by atoms with E-state index in [0.717, 1.165) is 29.9 Å². The number of hydrogen-bond acceptors (Lipinski definition) is 2. The van der Waals surface area contributed by atoms with Gasteiger partial charge in [-0.15, -0.1) is 0 Å². The van der Waals surface area contributed by atoms with E-state index in [9.17, 15) is 9.50 Å². The summed E-state index contributed by atoms with van der Waals surface area (Å²) in [7, 11) is 0. The van der Waals surface area contributed by atoms with Gasteiger partial charge in [0.05, 0.1) is 11.3 Å². The molecule has 0 bridgehead atoms. The first-order valence-electron chi connectivity index (χ1n) is 7.63. The van der Waals surface area contributed by atoms with E-state index in [-0.39, 0.29) is 5.82 Å². The Kier molecular flexibility index (Phi) is 3.57. The molecule has 3 nitrogen and oxygen atoms in total. The van der Waals surface area contributed by atoms with Gasteiger partial charge in [0.1, 0.15) is 5.82 Å². The maximum absolute atomic E-state index is 13.8. The van der Waals surface area contributed by atoms with E-state index in [1.165, 1.54) is 6.07 Å². The Labute approximate surface area is 124 Å². The summed E-state index contributed by atoms with van der Waals surface area (Å²) < 4.78 is 15.8. The van der Waals surface area contributed by atoms with Crippen LogP contribution in [0, 0.1) is 5.82 Å². The van der Waals surface area contributed by atoms with Gasteiger partial charge in [-0.1, -0.05) is 19.1 Å². The van der Waals surface area contributed by atoms with Gasteiger partial charge in [-0.25, -0.2) is 4.39 Å². The van der Waals surface area contributed by atoms with E-state index >= 15 is 0 Å². The fourth-order valence-corrected chi connectivity index (χ4v) is 3.30. The van der Waals surface area contributed by atoms with Crippen molar-refractivity contribution in [3.63, 3.8) is 0 Å². The molecular formula is C17H21FN2O. The van der Waals surface area contributed by atoms with Crippen molar-refractivity contribution in [2.45, 2.75) is 51.7 Å².